The van der Waals surface area contributed by atoms with Crippen LogP contribution in [0.1, 0.15) is 5.56 Å². The fourth-order valence-corrected chi connectivity index (χ4v) is 3.10. The van der Waals surface area contributed by atoms with Crippen LogP contribution in [0.5, 0.6) is 17.2 Å². The molecule has 27 heavy (non-hydrogen) atoms. The zero-order valence-electron chi connectivity index (χ0n) is 14.6. The van der Waals surface area contributed by atoms with E-state index in [0.29, 0.717) is 28.9 Å². The Hall–Kier alpha value is -2.62. The van der Waals surface area contributed by atoms with E-state index in [9.17, 15) is 0 Å². The molecule has 0 fully saturated rings. The van der Waals surface area contributed by atoms with Gasteiger partial charge in [-0.2, -0.15) is 0 Å². The summed E-state index contributed by atoms with van der Waals surface area (Å²) in [5, 5.41) is 4.39. The quantitative estimate of drug-likeness (QED) is 0.415. The molecule has 0 aliphatic rings. The van der Waals surface area contributed by atoms with Gasteiger partial charge in [-0.25, -0.2) is 0 Å². The van der Waals surface area contributed by atoms with Crippen LogP contribution in [0.25, 0.3) is 0 Å². The highest BCUT2D eigenvalue weighted by molar-refractivity contribution is 6.35. The average molecular weight is 400 g/mol. The Morgan fingerprint density at radius 3 is 2.33 bits per heavy atom. The predicted molar refractivity (Wildman–Crippen MR) is 112 cm³/mol. The maximum Gasteiger partial charge on any atom is 0.143 e. The van der Waals surface area contributed by atoms with Gasteiger partial charge in [0.1, 0.15) is 23.9 Å². The lowest BCUT2D eigenvalue weighted by Crippen LogP contribution is -2.04. The van der Waals surface area contributed by atoms with Crippen LogP contribution >= 0.6 is 23.2 Å². The smallest absolute Gasteiger partial charge is 0.143 e. The Kier molecular flexibility index (Phi) is 6.64. The van der Waals surface area contributed by atoms with E-state index in [2.05, 4.69) is 11.9 Å². The van der Waals surface area contributed by atoms with Crippen molar-refractivity contribution in [2.24, 2.45) is 0 Å². The van der Waals surface area contributed by atoms with Crippen molar-refractivity contribution in [3.05, 3.63) is 95.0 Å². The molecule has 5 heteroatoms. The minimum absolute atomic E-state index is 0.375. The molecule has 3 aromatic carbocycles. The SMILES string of the molecule is C=CCOc1c(Cl)cc(Cl)cc1CNc1ccc(Oc2ccccc2)cc1. The molecule has 0 amide bonds. The van der Waals surface area contributed by atoms with Crippen molar-refractivity contribution in [3.8, 4) is 17.2 Å². The van der Waals surface area contributed by atoms with Crippen LogP contribution in [-0.4, -0.2) is 6.61 Å². The molecule has 0 aromatic heterocycles. The van der Waals surface area contributed by atoms with Gasteiger partial charge in [-0.1, -0.05) is 54.1 Å². The van der Waals surface area contributed by atoms with Crippen molar-refractivity contribution in [2.75, 3.05) is 11.9 Å². The number of ether oxygens (including phenoxy) is 2. The fourth-order valence-electron chi connectivity index (χ4n) is 2.51. The molecule has 0 unspecified atom stereocenters. The van der Waals surface area contributed by atoms with E-state index in [1.54, 1.807) is 12.1 Å². The number of nitrogens with one attached hydrogen (secondary N) is 1. The number of hydrogen-bond acceptors (Lipinski definition) is 3. The van der Waals surface area contributed by atoms with Crippen LogP contribution in [0.3, 0.4) is 0 Å². The summed E-state index contributed by atoms with van der Waals surface area (Å²) in [6.45, 7) is 4.56. The van der Waals surface area contributed by atoms with Crippen molar-refractivity contribution in [3.63, 3.8) is 0 Å². The molecule has 0 radical (unpaired) electrons. The Morgan fingerprint density at radius 2 is 1.63 bits per heavy atom. The van der Waals surface area contributed by atoms with Crippen LogP contribution < -0.4 is 14.8 Å². The average Bonchev–Trinajstić information content (AvgIpc) is 2.67. The Morgan fingerprint density at radius 1 is 0.926 bits per heavy atom. The topological polar surface area (TPSA) is 30.5 Å². The van der Waals surface area contributed by atoms with E-state index in [0.717, 1.165) is 22.7 Å². The van der Waals surface area contributed by atoms with E-state index in [1.807, 2.05) is 60.7 Å². The zero-order valence-corrected chi connectivity index (χ0v) is 16.1. The molecule has 3 rings (SSSR count). The largest absolute Gasteiger partial charge is 0.488 e. The number of anilines is 1. The first-order chi connectivity index (χ1) is 13.2. The highest BCUT2D eigenvalue weighted by Crippen LogP contribution is 2.33. The summed E-state index contributed by atoms with van der Waals surface area (Å²) in [5.41, 5.74) is 1.82. The number of hydrogen-bond donors (Lipinski definition) is 1. The molecule has 0 spiro atoms. The number of para-hydroxylation sites is 1. The third-order valence-electron chi connectivity index (χ3n) is 3.75. The summed E-state index contributed by atoms with van der Waals surface area (Å²) in [6, 6.07) is 20.9. The van der Waals surface area contributed by atoms with Gasteiger partial charge in [-0.05, 0) is 48.5 Å². The molecule has 0 saturated heterocycles. The minimum Gasteiger partial charge on any atom is -0.488 e. The predicted octanol–water partition coefficient (Wildman–Crippen LogP) is 6.96. The highest BCUT2D eigenvalue weighted by atomic mass is 35.5. The van der Waals surface area contributed by atoms with Gasteiger partial charge in [0.15, 0.2) is 0 Å². The molecule has 0 aliphatic heterocycles. The number of rotatable bonds is 8. The van der Waals surface area contributed by atoms with Crippen molar-refractivity contribution in [1.29, 1.82) is 0 Å². The first-order valence-electron chi connectivity index (χ1n) is 8.44. The normalized spacial score (nSPS) is 10.3. The zero-order chi connectivity index (χ0) is 19.1. The Bertz CT molecular complexity index is 896. The van der Waals surface area contributed by atoms with Crippen LogP contribution in [0.4, 0.5) is 5.69 Å². The molecule has 3 nitrogen and oxygen atoms in total. The van der Waals surface area contributed by atoms with Gasteiger partial charge in [-0.15, -0.1) is 0 Å². The van der Waals surface area contributed by atoms with Gasteiger partial charge in [0.25, 0.3) is 0 Å². The molecule has 0 saturated carbocycles. The van der Waals surface area contributed by atoms with E-state index in [-0.39, 0.29) is 0 Å². The molecular formula is C22H19Cl2NO2. The Balaban J connectivity index is 1.67. The van der Waals surface area contributed by atoms with Crippen molar-refractivity contribution in [1.82, 2.24) is 0 Å². The number of halogens is 2. The van der Waals surface area contributed by atoms with Gasteiger partial charge >= 0.3 is 0 Å². The summed E-state index contributed by atoms with van der Waals surface area (Å²) >= 11 is 12.4. The molecule has 138 valence electrons. The molecule has 0 bridgehead atoms. The Labute approximate surface area is 169 Å². The van der Waals surface area contributed by atoms with Crippen LogP contribution in [0, 0.1) is 0 Å². The second kappa shape index (κ2) is 9.36. The third kappa shape index (κ3) is 5.43. The van der Waals surface area contributed by atoms with Gasteiger partial charge in [0, 0.05) is 22.8 Å². The summed E-state index contributed by atoms with van der Waals surface area (Å²) in [5.74, 6) is 2.18. The summed E-state index contributed by atoms with van der Waals surface area (Å²) in [4.78, 5) is 0. The monoisotopic (exact) mass is 399 g/mol. The van der Waals surface area contributed by atoms with Crippen molar-refractivity contribution < 1.29 is 9.47 Å². The van der Waals surface area contributed by atoms with Crippen LogP contribution in [0.2, 0.25) is 10.0 Å². The summed E-state index contributed by atoms with van der Waals surface area (Å²) in [7, 11) is 0. The maximum absolute atomic E-state index is 6.26. The van der Waals surface area contributed by atoms with Crippen LogP contribution in [0.15, 0.2) is 79.4 Å². The second-order valence-corrected chi connectivity index (χ2v) is 6.61. The molecule has 0 atom stereocenters. The molecule has 3 aromatic rings. The van der Waals surface area contributed by atoms with Gasteiger partial charge < -0.3 is 14.8 Å². The van der Waals surface area contributed by atoms with Crippen LogP contribution in [-0.2, 0) is 6.54 Å². The van der Waals surface area contributed by atoms with E-state index < -0.39 is 0 Å². The lowest BCUT2D eigenvalue weighted by atomic mass is 10.2. The molecular weight excluding hydrogens is 381 g/mol. The van der Waals surface area contributed by atoms with Crippen molar-refractivity contribution >= 4 is 28.9 Å². The maximum atomic E-state index is 6.26. The van der Waals surface area contributed by atoms with E-state index in [1.165, 1.54) is 0 Å². The first kappa shape index (κ1) is 19.2. The standard InChI is InChI=1S/C22H19Cl2NO2/c1-2-12-26-22-16(13-17(23)14-21(22)24)15-25-18-8-10-20(11-9-18)27-19-6-4-3-5-7-19/h2-11,13-14,25H,1,12,15H2. The van der Waals surface area contributed by atoms with E-state index in [4.69, 9.17) is 32.7 Å². The molecule has 0 aliphatic carbocycles. The van der Waals surface area contributed by atoms with Gasteiger partial charge in [0.2, 0.25) is 0 Å². The summed E-state index contributed by atoms with van der Waals surface area (Å²) in [6.07, 6.45) is 1.67. The number of benzene rings is 3. The fraction of sp³-hybridized carbons (Fsp3) is 0.0909. The highest BCUT2D eigenvalue weighted by Gasteiger charge is 2.10. The van der Waals surface area contributed by atoms with Crippen molar-refractivity contribution in [2.45, 2.75) is 6.54 Å². The summed E-state index contributed by atoms with van der Waals surface area (Å²) < 4.78 is 11.5. The van der Waals surface area contributed by atoms with Gasteiger partial charge in [-0.3, -0.25) is 0 Å². The molecule has 0 heterocycles. The second-order valence-electron chi connectivity index (χ2n) is 5.77. The lowest BCUT2D eigenvalue weighted by Gasteiger charge is -2.14. The minimum atomic E-state index is 0.375. The third-order valence-corrected chi connectivity index (χ3v) is 4.25. The lowest BCUT2D eigenvalue weighted by molar-refractivity contribution is 0.360. The molecule has 1 N–H and O–H groups in total. The van der Waals surface area contributed by atoms with E-state index >= 15 is 0 Å². The van der Waals surface area contributed by atoms with Gasteiger partial charge in [0.05, 0.1) is 5.02 Å². The first-order valence-corrected chi connectivity index (χ1v) is 9.20.